The first kappa shape index (κ1) is 33.9. The molecular formula is C32H44N4O6S2. The van der Waals surface area contributed by atoms with Gasteiger partial charge in [-0.2, -0.15) is 0 Å². The van der Waals surface area contributed by atoms with Gasteiger partial charge in [-0.15, -0.1) is 11.3 Å². The molecular weight excluding hydrogens is 601 g/mol. The first-order valence-corrected chi connectivity index (χ1v) is 17.4. The largest absolute Gasteiger partial charge is 0.490 e. The lowest BCUT2D eigenvalue weighted by molar-refractivity contribution is -0.0177. The van der Waals surface area contributed by atoms with Gasteiger partial charge in [0, 0.05) is 50.2 Å². The van der Waals surface area contributed by atoms with Gasteiger partial charge in [0.1, 0.15) is 9.96 Å². The Morgan fingerprint density at radius 2 is 1.95 bits per heavy atom. The fourth-order valence-electron chi connectivity index (χ4n) is 5.24. The Bertz CT molecular complexity index is 1440. The number of sulfonamides is 1. The van der Waals surface area contributed by atoms with Crippen molar-refractivity contribution in [3.63, 3.8) is 0 Å². The molecule has 0 unspecified atom stereocenters. The average Bonchev–Trinajstić information content (AvgIpc) is 3.55. The van der Waals surface area contributed by atoms with E-state index in [4.69, 9.17) is 9.47 Å². The van der Waals surface area contributed by atoms with Crippen LogP contribution in [0.4, 0.5) is 5.69 Å². The number of benzene rings is 1. The van der Waals surface area contributed by atoms with Crippen LogP contribution in [-0.2, 0) is 21.3 Å². The maximum atomic E-state index is 14.3. The minimum absolute atomic E-state index is 0.0698. The molecule has 12 heteroatoms. The number of ether oxygens (including phenoxy) is 2. The number of nitrogens with one attached hydrogen (secondary N) is 1. The van der Waals surface area contributed by atoms with E-state index in [-0.39, 0.29) is 46.1 Å². The number of thiophene rings is 1. The maximum Gasteiger partial charge on any atom is 0.271 e. The fourth-order valence-corrected chi connectivity index (χ4v) is 7.28. The Morgan fingerprint density at radius 1 is 1.18 bits per heavy atom. The summed E-state index contributed by atoms with van der Waals surface area (Å²) in [7, 11) is -1.77. The summed E-state index contributed by atoms with van der Waals surface area (Å²) in [5, 5.41) is 11.9. The molecule has 3 heterocycles. The summed E-state index contributed by atoms with van der Waals surface area (Å²) in [4.78, 5) is 22.2. The lowest BCUT2D eigenvalue weighted by Gasteiger charge is -2.36. The number of likely N-dealkylation sites (N-methyl/N-ethyl adjacent to an activating group) is 1. The Hall–Kier alpha value is -3.03. The number of aliphatic hydroxyl groups excluding tert-OH is 1. The quantitative estimate of drug-likeness (QED) is 0.339. The number of rotatable bonds is 9. The first-order chi connectivity index (χ1) is 21.1. The number of fused-ring (bicyclic) bond motifs is 1. The molecule has 0 spiro atoms. The van der Waals surface area contributed by atoms with E-state index in [1.165, 1.54) is 12.1 Å². The van der Waals surface area contributed by atoms with Gasteiger partial charge in [0.2, 0.25) is 0 Å². The van der Waals surface area contributed by atoms with Gasteiger partial charge in [-0.3, -0.25) is 19.4 Å². The van der Waals surface area contributed by atoms with Gasteiger partial charge in [0.25, 0.3) is 15.9 Å². The van der Waals surface area contributed by atoms with E-state index in [9.17, 15) is 18.3 Å². The highest BCUT2D eigenvalue weighted by Crippen LogP contribution is 2.30. The number of carbonyl (C=O) groups excluding carboxylic acids is 1. The summed E-state index contributed by atoms with van der Waals surface area (Å²) in [6.45, 7) is 7.90. The topological polar surface area (TPSA) is 121 Å². The van der Waals surface area contributed by atoms with Gasteiger partial charge in [-0.1, -0.05) is 13.0 Å². The van der Waals surface area contributed by atoms with Crippen molar-refractivity contribution >= 4 is 33.0 Å². The number of nitrogens with zero attached hydrogens (tertiary/aromatic N) is 3. The molecule has 1 aliphatic heterocycles. The van der Waals surface area contributed by atoms with Crippen molar-refractivity contribution in [2.75, 3.05) is 38.1 Å². The van der Waals surface area contributed by atoms with Crippen molar-refractivity contribution in [3.8, 4) is 5.75 Å². The molecule has 0 bridgehead atoms. The molecule has 240 valence electrons. The molecule has 44 heavy (non-hydrogen) atoms. The standard InChI is InChI=1S/C32H44N4O6S2/c1-23-19-36(24(2)22-37)32(38)28-18-27(34-44(39,40)31-9-7-17-43-31)10-11-29(28)42-25(3)8-5-6-16-41-30(23)21-35(4)20-26-12-14-33-15-13-26/h7,9-15,17-18,23-25,30,34,37H,5-6,8,16,19-22H2,1-4H3/t23-,24+,25-,30-/m1/s1. The monoisotopic (exact) mass is 644 g/mol. The van der Waals surface area contributed by atoms with Gasteiger partial charge in [0.05, 0.1) is 30.4 Å². The Balaban J connectivity index is 1.63. The van der Waals surface area contributed by atoms with Crippen LogP contribution in [-0.4, -0.2) is 85.8 Å². The van der Waals surface area contributed by atoms with Crippen LogP contribution >= 0.6 is 11.3 Å². The molecule has 10 nitrogen and oxygen atoms in total. The van der Waals surface area contributed by atoms with E-state index < -0.39 is 16.1 Å². The first-order valence-electron chi connectivity index (χ1n) is 15.0. The number of hydrogen-bond donors (Lipinski definition) is 2. The summed E-state index contributed by atoms with van der Waals surface area (Å²) >= 11 is 1.11. The molecule has 2 N–H and O–H groups in total. The molecule has 4 atom stereocenters. The number of pyridine rings is 1. The summed E-state index contributed by atoms with van der Waals surface area (Å²) in [6, 6.07) is 11.5. The molecule has 0 saturated heterocycles. The Labute approximate surface area is 265 Å². The number of hydrogen-bond acceptors (Lipinski definition) is 9. The van der Waals surface area contributed by atoms with Crippen molar-refractivity contribution in [2.45, 2.75) is 69.0 Å². The third kappa shape index (κ3) is 9.24. The zero-order chi connectivity index (χ0) is 31.7. The van der Waals surface area contributed by atoms with Crippen molar-refractivity contribution in [1.82, 2.24) is 14.8 Å². The number of aliphatic hydroxyl groups is 1. The molecule has 3 aromatic rings. The van der Waals surface area contributed by atoms with Crippen molar-refractivity contribution < 1.29 is 27.8 Å². The van der Waals surface area contributed by atoms with Gasteiger partial charge in [-0.05, 0) is 87.5 Å². The lowest BCUT2D eigenvalue weighted by Crippen LogP contribution is -2.47. The molecule has 0 aliphatic carbocycles. The number of aromatic nitrogens is 1. The van der Waals surface area contributed by atoms with Crippen LogP contribution in [0.15, 0.2) is 64.4 Å². The van der Waals surface area contributed by atoms with Crippen LogP contribution in [0.3, 0.4) is 0 Å². The van der Waals surface area contributed by atoms with Crippen LogP contribution in [0, 0.1) is 5.92 Å². The fraction of sp³-hybridized carbons (Fsp3) is 0.500. The van der Waals surface area contributed by atoms with E-state index in [0.717, 1.165) is 42.7 Å². The highest BCUT2D eigenvalue weighted by Gasteiger charge is 2.30. The molecule has 0 radical (unpaired) electrons. The van der Waals surface area contributed by atoms with Gasteiger partial charge < -0.3 is 19.5 Å². The molecule has 1 aliphatic rings. The van der Waals surface area contributed by atoms with Crippen molar-refractivity contribution in [2.24, 2.45) is 5.92 Å². The Morgan fingerprint density at radius 3 is 2.66 bits per heavy atom. The van der Waals surface area contributed by atoms with E-state index in [0.29, 0.717) is 25.4 Å². The maximum absolute atomic E-state index is 14.3. The second-order valence-corrected chi connectivity index (χ2v) is 14.5. The molecule has 1 aromatic carbocycles. The molecule has 0 saturated carbocycles. The van der Waals surface area contributed by atoms with E-state index in [2.05, 4.69) is 28.6 Å². The van der Waals surface area contributed by atoms with Crippen LogP contribution in [0.1, 0.15) is 56.0 Å². The van der Waals surface area contributed by atoms with E-state index >= 15 is 0 Å². The van der Waals surface area contributed by atoms with E-state index in [1.807, 2.05) is 19.1 Å². The number of anilines is 1. The van der Waals surface area contributed by atoms with E-state index in [1.54, 1.807) is 47.8 Å². The minimum atomic E-state index is -3.82. The molecule has 2 aromatic heterocycles. The predicted octanol–water partition coefficient (Wildman–Crippen LogP) is 4.87. The van der Waals surface area contributed by atoms with Crippen LogP contribution in [0.25, 0.3) is 0 Å². The number of carbonyl (C=O) groups is 1. The third-order valence-electron chi connectivity index (χ3n) is 7.76. The summed E-state index contributed by atoms with van der Waals surface area (Å²) < 4.78 is 41.4. The summed E-state index contributed by atoms with van der Waals surface area (Å²) in [5.74, 6) is -0.0374. The third-order valence-corrected chi connectivity index (χ3v) is 10.5. The minimum Gasteiger partial charge on any atom is -0.490 e. The van der Waals surface area contributed by atoms with Crippen molar-refractivity contribution in [1.29, 1.82) is 0 Å². The van der Waals surface area contributed by atoms with Crippen LogP contribution in [0.5, 0.6) is 5.75 Å². The van der Waals surface area contributed by atoms with Gasteiger partial charge in [-0.25, -0.2) is 8.42 Å². The second-order valence-electron chi connectivity index (χ2n) is 11.6. The zero-order valence-electron chi connectivity index (χ0n) is 25.9. The molecule has 4 rings (SSSR count). The van der Waals surface area contributed by atoms with Gasteiger partial charge >= 0.3 is 0 Å². The molecule has 0 fully saturated rings. The zero-order valence-corrected chi connectivity index (χ0v) is 27.5. The Kier molecular flexibility index (Phi) is 12.2. The molecule has 1 amide bonds. The summed E-state index contributed by atoms with van der Waals surface area (Å²) in [6.07, 6.45) is 5.76. The highest BCUT2D eigenvalue weighted by atomic mass is 32.2. The SMILES string of the molecule is C[C@@H]1CCCCO[C@H](CN(C)Cc2ccncc2)[C@H](C)CN([C@@H](C)CO)C(=O)c2cc(NS(=O)(=O)c3cccs3)ccc2O1. The van der Waals surface area contributed by atoms with Crippen molar-refractivity contribution in [3.05, 3.63) is 71.4 Å². The normalized spacial score (nSPS) is 21.3. The average molecular weight is 645 g/mol. The van der Waals surface area contributed by atoms with Crippen LogP contribution in [0.2, 0.25) is 0 Å². The number of amides is 1. The smallest absolute Gasteiger partial charge is 0.271 e. The lowest BCUT2D eigenvalue weighted by atomic mass is 10.0. The van der Waals surface area contributed by atoms with Gasteiger partial charge in [0.15, 0.2) is 0 Å². The predicted molar refractivity (Wildman–Crippen MR) is 173 cm³/mol. The second kappa shape index (κ2) is 15.8. The summed E-state index contributed by atoms with van der Waals surface area (Å²) in [5.41, 5.74) is 1.64. The van der Waals surface area contributed by atoms with Crippen LogP contribution < -0.4 is 9.46 Å². The highest BCUT2D eigenvalue weighted by molar-refractivity contribution is 7.94.